The first-order valence-corrected chi connectivity index (χ1v) is 21.7. The van der Waals surface area contributed by atoms with Crippen molar-refractivity contribution in [2.75, 3.05) is 4.90 Å². The van der Waals surface area contributed by atoms with Gasteiger partial charge in [-0.05, 0) is 121 Å². The number of benzene rings is 9. The first-order valence-electron chi connectivity index (χ1n) is 20.9. The summed E-state index contributed by atoms with van der Waals surface area (Å²) in [5, 5.41) is 2.65. The molecule has 0 unspecified atom stereocenters. The van der Waals surface area contributed by atoms with Crippen LogP contribution < -0.4 is 4.90 Å². The molecule has 9 aromatic carbocycles. The van der Waals surface area contributed by atoms with Crippen molar-refractivity contribution < 1.29 is 0 Å². The Hall–Kier alpha value is -7.00. The molecular formula is C58H41NS. The van der Waals surface area contributed by atoms with E-state index in [9.17, 15) is 0 Å². The van der Waals surface area contributed by atoms with Gasteiger partial charge in [0.05, 0.1) is 5.41 Å². The van der Waals surface area contributed by atoms with E-state index in [0.717, 1.165) is 17.1 Å². The van der Waals surface area contributed by atoms with Crippen LogP contribution in [0.2, 0.25) is 0 Å². The number of anilines is 3. The number of hydrogen-bond donors (Lipinski definition) is 0. The van der Waals surface area contributed by atoms with Gasteiger partial charge < -0.3 is 4.90 Å². The molecule has 10 aromatic rings. The Balaban J connectivity index is 0.953. The molecule has 0 N–H and O–H groups in total. The van der Waals surface area contributed by atoms with Gasteiger partial charge in [-0.25, -0.2) is 0 Å². The lowest BCUT2D eigenvalue weighted by molar-refractivity contribution is 0.660. The average Bonchev–Trinajstić information content (AvgIpc) is 3.91. The van der Waals surface area contributed by atoms with Gasteiger partial charge in [-0.3, -0.25) is 0 Å². The summed E-state index contributed by atoms with van der Waals surface area (Å²) in [4.78, 5) is 2.39. The second-order valence-electron chi connectivity index (χ2n) is 16.8. The molecule has 1 heterocycles. The van der Waals surface area contributed by atoms with Gasteiger partial charge in [0.15, 0.2) is 0 Å². The summed E-state index contributed by atoms with van der Waals surface area (Å²) in [5.41, 5.74) is 18.6. The normalized spacial score (nSPS) is 14.1. The number of hydrogen-bond acceptors (Lipinski definition) is 2. The number of nitrogens with zero attached hydrogens (tertiary/aromatic N) is 1. The third kappa shape index (κ3) is 5.04. The van der Waals surface area contributed by atoms with Gasteiger partial charge >= 0.3 is 0 Å². The highest BCUT2D eigenvalue weighted by atomic mass is 32.1. The van der Waals surface area contributed by atoms with Gasteiger partial charge in [0.1, 0.15) is 0 Å². The minimum absolute atomic E-state index is 0.0768. The van der Waals surface area contributed by atoms with Crippen molar-refractivity contribution in [1.29, 1.82) is 0 Å². The van der Waals surface area contributed by atoms with Crippen molar-refractivity contribution in [1.82, 2.24) is 0 Å². The molecule has 0 amide bonds. The quantitative estimate of drug-likeness (QED) is 0.162. The van der Waals surface area contributed by atoms with Crippen LogP contribution in [0.15, 0.2) is 212 Å². The topological polar surface area (TPSA) is 3.24 Å². The number of thiophene rings is 1. The second kappa shape index (κ2) is 13.3. The standard InChI is InChI=1S/C58H41NS/c1-57(2)51-20-10-6-16-45(51)48-34-33-44(37-54(48)57)59(42-14-4-3-5-15-42)43-31-26-39(27-32-43)38-24-28-40(29-25-38)58(52-21-11-7-17-46(52)47-18-8-12-22-53(47)58)41-30-35-56-50(36-41)49-19-9-13-23-55(49)60-56/h3-37H,1-2H3. The van der Waals surface area contributed by atoms with Gasteiger partial charge in [0, 0.05) is 42.6 Å². The van der Waals surface area contributed by atoms with Crippen molar-refractivity contribution in [2.24, 2.45) is 0 Å². The van der Waals surface area contributed by atoms with Crippen LogP contribution in [0.25, 0.3) is 53.6 Å². The lowest BCUT2D eigenvalue weighted by Gasteiger charge is -2.34. The molecule has 0 fully saturated rings. The fourth-order valence-corrected chi connectivity index (χ4v) is 11.6. The van der Waals surface area contributed by atoms with Crippen LogP contribution in [0.4, 0.5) is 17.1 Å². The molecule has 60 heavy (non-hydrogen) atoms. The fourth-order valence-electron chi connectivity index (χ4n) is 10.6. The Morgan fingerprint density at radius 1 is 0.350 bits per heavy atom. The highest BCUT2D eigenvalue weighted by Crippen LogP contribution is 2.57. The Morgan fingerprint density at radius 2 is 0.850 bits per heavy atom. The van der Waals surface area contributed by atoms with E-state index in [2.05, 4.69) is 231 Å². The van der Waals surface area contributed by atoms with E-state index in [4.69, 9.17) is 0 Å². The van der Waals surface area contributed by atoms with Crippen LogP contribution >= 0.6 is 11.3 Å². The molecule has 12 rings (SSSR count). The zero-order chi connectivity index (χ0) is 40.0. The molecule has 0 aliphatic heterocycles. The van der Waals surface area contributed by atoms with E-state index in [0.29, 0.717) is 0 Å². The summed E-state index contributed by atoms with van der Waals surface area (Å²) in [6, 6.07) is 79.2. The van der Waals surface area contributed by atoms with Gasteiger partial charge in [-0.2, -0.15) is 0 Å². The lowest BCUT2D eigenvalue weighted by Crippen LogP contribution is -2.28. The van der Waals surface area contributed by atoms with Crippen molar-refractivity contribution in [3.63, 3.8) is 0 Å². The molecule has 0 saturated carbocycles. The molecule has 284 valence electrons. The first kappa shape index (κ1) is 35.0. The average molecular weight is 784 g/mol. The predicted molar refractivity (Wildman–Crippen MR) is 254 cm³/mol. The van der Waals surface area contributed by atoms with Crippen LogP contribution in [0.1, 0.15) is 47.2 Å². The van der Waals surface area contributed by atoms with E-state index in [-0.39, 0.29) is 5.41 Å². The molecule has 2 aliphatic carbocycles. The number of para-hydroxylation sites is 1. The third-order valence-corrected chi connectivity index (χ3v) is 14.5. The van der Waals surface area contributed by atoms with Crippen LogP contribution in [0.5, 0.6) is 0 Å². The predicted octanol–water partition coefficient (Wildman–Crippen LogP) is 15.9. The maximum absolute atomic E-state index is 2.47. The van der Waals surface area contributed by atoms with E-state index in [1.54, 1.807) is 0 Å². The van der Waals surface area contributed by atoms with Gasteiger partial charge in [0.25, 0.3) is 0 Å². The van der Waals surface area contributed by atoms with Crippen molar-refractivity contribution in [3.8, 4) is 33.4 Å². The summed E-state index contributed by atoms with van der Waals surface area (Å²) in [6.07, 6.45) is 0. The van der Waals surface area contributed by atoms with Crippen LogP contribution in [0, 0.1) is 0 Å². The fraction of sp³-hybridized carbons (Fsp3) is 0.0690. The summed E-state index contributed by atoms with van der Waals surface area (Å²) in [5.74, 6) is 0. The number of rotatable bonds is 6. The van der Waals surface area contributed by atoms with E-state index in [1.807, 2.05) is 11.3 Å². The van der Waals surface area contributed by atoms with E-state index >= 15 is 0 Å². The smallest absolute Gasteiger partial charge is 0.0713 e. The minimum Gasteiger partial charge on any atom is -0.310 e. The van der Waals surface area contributed by atoms with E-state index in [1.165, 1.54) is 86.9 Å². The molecule has 0 saturated heterocycles. The third-order valence-electron chi connectivity index (χ3n) is 13.4. The lowest BCUT2D eigenvalue weighted by atomic mass is 9.67. The van der Waals surface area contributed by atoms with Crippen molar-refractivity contribution >= 4 is 48.6 Å². The second-order valence-corrected chi connectivity index (χ2v) is 17.9. The van der Waals surface area contributed by atoms with Crippen LogP contribution in [-0.2, 0) is 10.8 Å². The molecule has 2 aliphatic rings. The van der Waals surface area contributed by atoms with Gasteiger partial charge in [0.2, 0.25) is 0 Å². The van der Waals surface area contributed by atoms with Crippen molar-refractivity contribution in [2.45, 2.75) is 24.7 Å². The Morgan fingerprint density at radius 3 is 1.55 bits per heavy atom. The molecule has 0 spiro atoms. The largest absolute Gasteiger partial charge is 0.310 e. The maximum atomic E-state index is 2.47. The molecule has 1 aromatic heterocycles. The van der Waals surface area contributed by atoms with Crippen LogP contribution in [-0.4, -0.2) is 0 Å². The monoisotopic (exact) mass is 783 g/mol. The Bertz CT molecular complexity index is 3230. The SMILES string of the molecule is CC1(C)c2ccccc2-c2ccc(N(c3ccccc3)c3ccc(-c4ccc(C5(c6ccc7sc8ccccc8c7c6)c6ccccc6-c6ccccc65)cc4)cc3)cc21. The van der Waals surface area contributed by atoms with Crippen molar-refractivity contribution in [3.05, 3.63) is 246 Å². The molecule has 2 heteroatoms. The molecule has 0 bridgehead atoms. The summed E-state index contributed by atoms with van der Waals surface area (Å²) in [6.45, 7) is 4.70. The summed E-state index contributed by atoms with van der Waals surface area (Å²) < 4.78 is 2.65. The zero-order valence-corrected chi connectivity index (χ0v) is 34.4. The first-order chi connectivity index (χ1) is 29.5. The maximum Gasteiger partial charge on any atom is 0.0713 e. The van der Waals surface area contributed by atoms with Gasteiger partial charge in [-0.15, -0.1) is 11.3 Å². The van der Waals surface area contributed by atoms with E-state index < -0.39 is 5.41 Å². The highest BCUT2D eigenvalue weighted by Gasteiger charge is 2.46. The zero-order valence-electron chi connectivity index (χ0n) is 33.6. The molecule has 1 nitrogen and oxygen atoms in total. The minimum atomic E-state index is -0.464. The molecular weight excluding hydrogens is 743 g/mol. The summed E-state index contributed by atoms with van der Waals surface area (Å²) in [7, 11) is 0. The molecule has 0 atom stereocenters. The molecule has 0 radical (unpaired) electrons. The van der Waals surface area contributed by atoms with Gasteiger partial charge in [-0.1, -0.05) is 172 Å². The van der Waals surface area contributed by atoms with Crippen LogP contribution in [0.3, 0.4) is 0 Å². The number of fused-ring (bicyclic) bond motifs is 9. The Kier molecular flexibility index (Phi) is 7.73. The Labute approximate surface area is 355 Å². The summed E-state index contributed by atoms with van der Waals surface area (Å²) >= 11 is 1.88. The highest BCUT2D eigenvalue weighted by molar-refractivity contribution is 7.25.